The SMILES string of the molecule is CC(C)C(Nc1ccc([N+](=O)[O-])cc1Cl)c1nc(-c2ccncc2)no1. The van der Waals surface area contributed by atoms with E-state index in [1.807, 2.05) is 13.8 Å². The summed E-state index contributed by atoms with van der Waals surface area (Å²) in [5.74, 6) is 0.970. The third kappa shape index (κ3) is 3.80. The average Bonchev–Trinajstić information content (AvgIpc) is 3.10. The first kappa shape index (κ1) is 17.8. The molecule has 1 atom stereocenters. The largest absolute Gasteiger partial charge is 0.372 e. The number of halogens is 1. The Balaban J connectivity index is 1.87. The van der Waals surface area contributed by atoms with E-state index in [-0.39, 0.29) is 22.7 Å². The van der Waals surface area contributed by atoms with Gasteiger partial charge in [-0.3, -0.25) is 15.1 Å². The maximum absolute atomic E-state index is 10.8. The standard InChI is InChI=1S/C17H16ClN5O3/c1-10(2)15(20-14-4-3-12(23(24)25)9-13(14)18)17-21-16(22-26-17)11-5-7-19-8-6-11/h3-10,15,20H,1-2H3. The first-order valence-electron chi connectivity index (χ1n) is 7.90. The van der Waals surface area contributed by atoms with E-state index in [1.165, 1.54) is 12.1 Å². The number of rotatable bonds is 6. The molecule has 134 valence electrons. The number of pyridine rings is 1. The van der Waals surface area contributed by atoms with Gasteiger partial charge in [-0.1, -0.05) is 30.6 Å². The van der Waals surface area contributed by atoms with Gasteiger partial charge in [0.2, 0.25) is 11.7 Å². The molecule has 3 rings (SSSR count). The summed E-state index contributed by atoms with van der Waals surface area (Å²) in [5, 5.41) is 18.3. The second-order valence-electron chi connectivity index (χ2n) is 5.98. The molecule has 3 aromatic rings. The van der Waals surface area contributed by atoms with Crippen LogP contribution < -0.4 is 5.32 Å². The molecule has 0 spiro atoms. The number of non-ortho nitro benzene ring substituents is 1. The van der Waals surface area contributed by atoms with Gasteiger partial charge in [-0.2, -0.15) is 4.98 Å². The first-order valence-corrected chi connectivity index (χ1v) is 8.28. The van der Waals surface area contributed by atoms with Gasteiger partial charge < -0.3 is 9.84 Å². The molecule has 0 aliphatic heterocycles. The van der Waals surface area contributed by atoms with Crippen LogP contribution in [0.3, 0.4) is 0 Å². The lowest BCUT2D eigenvalue weighted by Crippen LogP contribution is -2.17. The van der Waals surface area contributed by atoms with Crippen molar-refractivity contribution in [1.29, 1.82) is 0 Å². The predicted molar refractivity (Wildman–Crippen MR) is 96.8 cm³/mol. The summed E-state index contributed by atoms with van der Waals surface area (Å²) in [6.45, 7) is 3.99. The molecule has 1 N–H and O–H groups in total. The molecule has 2 aromatic heterocycles. The van der Waals surface area contributed by atoms with E-state index in [0.717, 1.165) is 5.56 Å². The van der Waals surface area contributed by atoms with Gasteiger partial charge >= 0.3 is 0 Å². The molecule has 0 aliphatic carbocycles. The van der Waals surface area contributed by atoms with Crippen molar-refractivity contribution in [2.24, 2.45) is 5.92 Å². The zero-order valence-electron chi connectivity index (χ0n) is 14.1. The van der Waals surface area contributed by atoms with Crippen molar-refractivity contribution in [3.8, 4) is 11.4 Å². The lowest BCUT2D eigenvalue weighted by molar-refractivity contribution is -0.384. The molecular weight excluding hydrogens is 358 g/mol. The number of benzene rings is 1. The van der Waals surface area contributed by atoms with Gasteiger partial charge in [0.25, 0.3) is 5.69 Å². The molecule has 0 amide bonds. The van der Waals surface area contributed by atoms with Crippen molar-refractivity contribution in [2.75, 3.05) is 5.32 Å². The highest BCUT2D eigenvalue weighted by Crippen LogP contribution is 2.32. The monoisotopic (exact) mass is 373 g/mol. The minimum absolute atomic E-state index is 0.0700. The van der Waals surface area contributed by atoms with Gasteiger partial charge in [0, 0.05) is 30.1 Å². The van der Waals surface area contributed by atoms with Crippen LogP contribution in [0.1, 0.15) is 25.8 Å². The Bertz CT molecular complexity index is 914. The van der Waals surface area contributed by atoms with Crippen molar-refractivity contribution in [1.82, 2.24) is 15.1 Å². The molecule has 0 fully saturated rings. The van der Waals surface area contributed by atoms with Crippen molar-refractivity contribution in [3.63, 3.8) is 0 Å². The Morgan fingerprint density at radius 3 is 2.58 bits per heavy atom. The fourth-order valence-electron chi connectivity index (χ4n) is 2.40. The van der Waals surface area contributed by atoms with Crippen LogP contribution in [0.5, 0.6) is 0 Å². The zero-order valence-corrected chi connectivity index (χ0v) is 14.8. The topological polar surface area (TPSA) is 107 Å². The van der Waals surface area contributed by atoms with E-state index in [2.05, 4.69) is 20.4 Å². The van der Waals surface area contributed by atoms with Crippen molar-refractivity contribution in [2.45, 2.75) is 19.9 Å². The molecule has 0 aliphatic rings. The van der Waals surface area contributed by atoms with Crippen LogP contribution in [-0.2, 0) is 0 Å². The summed E-state index contributed by atoms with van der Waals surface area (Å²) >= 11 is 6.17. The molecular formula is C17H16ClN5O3. The molecule has 0 bridgehead atoms. The zero-order chi connectivity index (χ0) is 18.7. The van der Waals surface area contributed by atoms with E-state index in [9.17, 15) is 10.1 Å². The van der Waals surface area contributed by atoms with Gasteiger partial charge in [-0.25, -0.2) is 0 Å². The van der Waals surface area contributed by atoms with Gasteiger partial charge in [-0.05, 0) is 24.1 Å². The Kier molecular flexibility index (Phi) is 5.13. The highest BCUT2D eigenvalue weighted by molar-refractivity contribution is 6.33. The summed E-state index contributed by atoms with van der Waals surface area (Å²) in [7, 11) is 0. The lowest BCUT2D eigenvalue weighted by Gasteiger charge is -2.20. The predicted octanol–water partition coefficient (Wildman–Crippen LogP) is 4.50. The molecule has 8 nitrogen and oxygen atoms in total. The van der Waals surface area contributed by atoms with E-state index in [4.69, 9.17) is 16.1 Å². The van der Waals surface area contributed by atoms with Crippen molar-refractivity contribution >= 4 is 23.0 Å². The second kappa shape index (κ2) is 7.49. The summed E-state index contributed by atoms with van der Waals surface area (Å²) < 4.78 is 5.42. The molecule has 2 heterocycles. The van der Waals surface area contributed by atoms with Crippen LogP contribution in [0.25, 0.3) is 11.4 Å². The van der Waals surface area contributed by atoms with E-state index in [0.29, 0.717) is 17.4 Å². The number of nitro groups is 1. The molecule has 1 unspecified atom stereocenters. The minimum atomic E-state index is -0.491. The fraction of sp³-hybridized carbons (Fsp3) is 0.235. The highest BCUT2D eigenvalue weighted by atomic mass is 35.5. The quantitative estimate of drug-likeness (QED) is 0.500. The smallest absolute Gasteiger partial charge is 0.271 e. The minimum Gasteiger partial charge on any atom is -0.372 e. The average molecular weight is 374 g/mol. The first-order chi connectivity index (χ1) is 12.5. The fourth-order valence-corrected chi connectivity index (χ4v) is 2.62. The van der Waals surface area contributed by atoms with Gasteiger partial charge in [0.1, 0.15) is 6.04 Å². The molecule has 26 heavy (non-hydrogen) atoms. The van der Waals surface area contributed by atoms with Crippen molar-refractivity contribution in [3.05, 3.63) is 63.8 Å². The number of nitro benzene ring substituents is 1. The normalized spacial score (nSPS) is 12.2. The number of anilines is 1. The Hall–Kier alpha value is -3.00. The third-order valence-corrected chi connectivity index (χ3v) is 4.10. The van der Waals surface area contributed by atoms with E-state index >= 15 is 0 Å². The maximum atomic E-state index is 10.8. The number of hydrogen-bond acceptors (Lipinski definition) is 7. The highest BCUT2D eigenvalue weighted by Gasteiger charge is 2.24. The Labute approximate surface area is 154 Å². The van der Waals surface area contributed by atoms with Crippen LogP contribution >= 0.6 is 11.6 Å². The maximum Gasteiger partial charge on any atom is 0.271 e. The number of nitrogens with zero attached hydrogens (tertiary/aromatic N) is 4. The molecule has 0 saturated carbocycles. The lowest BCUT2D eigenvalue weighted by atomic mass is 10.0. The summed E-state index contributed by atoms with van der Waals surface area (Å²) in [6, 6.07) is 7.53. The van der Waals surface area contributed by atoms with Gasteiger partial charge in [0.15, 0.2) is 0 Å². The summed E-state index contributed by atoms with van der Waals surface area (Å²) in [4.78, 5) is 18.8. The van der Waals surface area contributed by atoms with Crippen LogP contribution in [0.2, 0.25) is 5.02 Å². The number of hydrogen-bond donors (Lipinski definition) is 1. The molecule has 9 heteroatoms. The molecule has 0 radical (unpaired) electrons. The van der Waals surface area contributed by atoms with Gasteiger partial charge in [0.05, 0.1) is 15.6 Å². The number of aromatic nitrogens is 3. The van der Waals surface area contributed by atoms with E-state index in [1.54, 1.807) is 30.6 Å². The van der Waals surface area contributed by atoms with Crippen LogP contribution in [-0.4, -0.2) is 20.0 Å². The van der Waals surface area contributed by atoms with Crippen molar-refractivity contribution < 1.29 is 9.45 Å². The van der Waals surface area contributed by atoms with Gasteiger partial charge in [-0.15, -0.1) is 0 Å². The molecule has 0 saturated heterocycles. The summed E-state index contributed by atoms with van der Waals surface area (Å²) in [6.07, 6.45) is 3.31. The second-order valence-corrected chi connectivity index (χ2v) is 6.39. The van der Waals surface area contributed by atoms with Crippen LogP contribution in [0.15, 0.2) is 47.2 Å². The van der Waals surface area contributed by atoms with E-state index < -0.39 is 4.92 Å². The van der Waals surface area contributed by atoms with Crippen LogP contribution in [0, 0.1) is 16.0 Å². The Morgan fingerprint density at radius 1 is 1.23 bits per heavy atom. The Morgan fingerprint density at radius 2 is 1.96 bits per heavy atom. The number of nitrogens with one attached hydrogen (secondary N) is 1. The van der Waals surface area contributed by atoms with Crippen LogP contribution in [0.4, 0.5) is 11.4 Å². The molecule has 1 aromatic carbocycles. The third-order valence-electron chi connectivity index (χ3n) is 3.79. The summed E-state index contributed by atoms with van der Waals surface area (Å²) in [5.41, 5.74) is 1.28.